The SMILES string of the molecule is CCOC(=O)Oc1cn(Cc2ccccc2OC)c2sc(-c3ccccc3OC)c(CN(C)Cc3ccccc3)c2c1=O. The average Bonchev–Trinajstić information content (AvgIpc) is 3.39. The predicted molar refractivity (Wildman–Crippen MR) is 169 cm³/mol. The smallest absolute Gasteiger partial charge is 0.496 e. The molecule has 0 aliphatic rings. The van der Waals surface area contributed by atoms with Crippen LogP contribution in [0.5, 0.6) is 17.2 Å². The van der Waals surface area contributed by atoms with E-state index in [2.05, 4.69) is 17.0 Å². The van der Waals surface area contributed by atoms with Gasteiger partial charge in [0.1, 0.15) is 16.3 Å². The van der Waals surface area contributed by atoms with Crippen LogP contribution >= 0.6 is 11.3 Å². The topological polar surface area (TPSA) is 79.2 Å². The van der Waals surface area contributed by atoms with Crippen molar-refractivity contribution in [3.05, 3.63) is 112 Å². The number of aromatic nitrogens is 1. The number of hydrogen-bond acceptors (Lipinski definition) is 8. The minimum Gasteiger partial charge on any atom is -0.496 e. The summed E-state index contributed by atoms with van der Waals surface area (Å²) >= 11 is 1.51. The van der Waals surface area contributed by atoms with Crippen molar-refractivity contribution in [1.82, 2.24) is 9.47 Å². The van der Waals surface area contributed by atoms with Crippen molar-refractivity contribution in [3.8, 4) is 27.7 Å². The molecule has 2 heterocycles. The molecule has 3 aromatic carbocycles. The highest BCUT2D eigenvalue weighted by atomic mass is 32.1. The third-order valence-electron chi connectivity index (χ3n) is 7.04. The minimum absolute atomic E-state index is 0.0998. The minimum atomic E-state index is -0.925. The molecule has 222 valence electrons. The first-order valence-electron chi connectivity index (χ1n) is 13.9. The number of para-hydroxylation sites is 2. The van der Waals surface area contributed by atoms with Gasteiger partial charge in [0.2, 0.25) is 5.43 Å². The molecule has 5 rings (SSSR count). The largest absolute Gasteiger partial charge is 0.514 e. The zero-order valence-corrected chi connectivity index (χ0v) is 25.5. The molecule has 43 heavy (non-hydrogen) atoms. The van der Waals surface area contributed by atoms with Crippen LogP contribution in [0, 0.1) is 0 Å². The van der Waals surface area contributed by atoms with E-state index in [-0.39, 0.29) is 17.8 Å². The molecule has 2 aromatic heterocycles. The average molecular weight is 599 g/mol. The van der Waals surface area contributed by atoms with Gasteiger partial charge in [0.05, 0.1) is 39.0 Å². The lowest BCUT2D eigenvalue weighted by Crippen LogP contribution is -2.21. The summed E-state index contributed by atoms with van der Waals surface area (Å²) in [5, 5.41) is 0.488. The van der Waals surface area contributed by atoms with Crippen LogP contribution in [0.1, 0.15) is 23.6 Å². The Morgan fingerprint density at radius 1 is 0.860 bits per heavy atom. The zero-order chi connectivity index (χ0) is 30.3. The summed E-state index contributed by atoms with van der Waals surface area (Å²) in [7, 11) is 5.29. The van der Waals surface area contributed by atoms with E-state index in [1.807, 2.05) is 78.3 Å². The summed E-state index contributed by atoms with van der Waals surface area (Å²) in [5.41, 5.74) is 3.40. The van der Waals surface area contributed by atoms with E-state index in [9.17, 15) is 9.59 Å². The zero-order valence-electron chi connectivity index (χ0n) is 24.7. The first-order chi connectivity index (χ1) is 20.9. The molecule has 9 heteroatoms. The first-order valence-corrected chi connectivity index (χ1v) is 14.8. The Morgan fingerprint density at radius 2 is 1.53 bits per heavy atom. The van der Waals surface area contributed by atoms with E-state index in [4.69, 9.17) is 18.9 Å². The molecule has 0 N–H and O–H groups in total. The second-order valence-electron chi connectivity index (χ2n) is 10.00. The number of pyridine rings is 1. The standard InChI is InChI=1S/C34H34N2O6S/c1-5-41-34(38)42-29-22-36(20-24-15-9-11-17-27(24)39-3)33-30(31(29)37)26(21-35(2)19-23-13-7-6-8-14-23)32(43-33)25-16-10-12-18-28(25)40-4/h6-18,22H,5,19-21H2,1-4H3. The van der Waals surface area contributed by atoms with Crippen LogP contribution in [0.15, 0.2) is 89.9 Å². The monoisotopic (exact) mass is 598 g/mol. The molecule has 0 saturated carbocycles. The number of ether oxygens (including phenoxy) is 4. The lowest BCUT2D eigenvalue weighted by Gasteiger charge is -2.18. The molecule has 0 spiro atoms. The maximum Gasteiger partial charge on any atom is 0.514 e. The maximum atomic E-state index is 14.1. The van der Waals surface area contributed by atoms with Gasteiger partial charge in [-0.3, -0.25) is 9.69 Å². The second kappa shape index (κ2) is 13.6. The molecule has 0 radical (unpaired) electrons. The second-order valence-corrected chi connectivity index (χ2v) is 11.0. The lowest BCUT2D eigenvalue weighted by molar-refractivity contribution is 0.104. The van der Waals surface area contributed by atoms with E-state index in [1.165, 1.54) is 11.3 Å². The van der Waals surface area contributed by atoms with Crippen LogP contribution < -0.4 is 19.6 Å². The third-order valence-corrected chi connectivity index (χ3v) is 8.34. The molecule has 0 fully saturated rings. The number of carbonyl (C=O) groups excluding carboxylic acids is 1. The molecular weight excluding hydrogens is 564 g/mol. The normalized spacial score (nSPS) is 11.1. The van der Waals surface area contributed by atoms with Crippen molar-refractivity contribution in [1.29, 1.82) is 0 Å². The van der Waals surface area contributed by atoms with Crippen molar-refractivity contribution in [3.63, 3.8) is 0 Å². The molecule has 0 aliphatic heterocycles. The van der Waals surface area contributed by atoms with Gasteiger partial charge in [-0.05, 0) is 43.3 Å². The van der Waals surface area contributed by atoms with E-state index in [0.717, 1.165) is 32.0 Å². The van der Waals surface area contributed by atoms with Crippen LogP contribution in [0.4, 0.5) is 4.79 Å². The fourth-order valence-electron chi connectivity index (χ4n) is 5.14. The number of nitrogens with zero attached hydrogens (tertiary/aromatic N) is 2. The molecule has 0 unspecified atom stereocenters. The molecular formula is C34H34N2O6S. The summed E-state index contributed by atoms with van der Waals surface area (Å²) in [6.45, 7) is 3.34. The van der Waals surface area contributed by atoms with Crippen molar-refractivity contribution >= 4 is 27.7 Å². The summed E-state index contributed by atoms with van der Waals surface area (Å²) in [6.07, 6.45) is 0.652. The Bertz CT molecular complexity index is 1780. The van der Waals surface area contributed by atoms with Crippen LogP contribution in [0.3, 0.4) is 0 Å². The molecule has 8 nitrogen and oxygen atoms in total. The quantitative estimate of drug-likeness (QED) is 0.152. The van der Waals surface area contributed by atoms with E-state index in [1.54, 1.807) is 27.3 Å². The number of methoxy groups -OCH3 is 2. The van der Waals surface area contributed by atoms with Crippen LogP contribution in [0.2, 0.25) is 0 Å². The van der Waals surface area contributed by atoms with Gasteiger partial charge in [-0.15, -0.1) is 11.3 Å². The molecule has 0 bridgehead atoms. The Labute approximate surface area is 254 Å². The molecule has 0 saturated heterocycles. The van der Waals surface area contributed by atoms with Gasteiger partial charge in [0.15, 0.2) is 5.75 Å². The van der Waals surface area contributed by atoms with Gasteiger partial charge < -0.3 is 23.5 Å². The lowest BCUT2D eigenvalue weighted by atomic mass is 10.0. The van der Waals surface area contributed by atoms with E-state index in [0.29, 0.717) is 36.5 Å². The van der Waals surface area contributed by atoms with Crippen molar-refractivity contribution in [2.45, 2.75) is 26.6 Å². The summed E-state index contributed by atoms with van der Waals surface area (Å²) < 4.78 is 23.8. The van der Waals surface area contributed by atoms with Crippen LogP contribution in [0.25, 0.3) is 20.7 Å². The van der Waals surface area contributed by atoms with Gasteiger partial charge >= 0.3 is 6.16 Å². The fourth-order valence-corrected chi connectivity index (χ4v) is 6.45. The van der Waals surface area contributed by atoms with Gasteiger partial charge in [0, 0.05) is 29.1 Å². The first kappa shape index (κ1) is 29.9. The van der Waals surface area contributed by atoms with Gasteiger partial charge in [-0.1, -0.05) is 60.7 Å². The number of rotatable bonds is 11. The molecule has 0 atom stereocenters. The van der Waals surface area contributed by atoms with Gasteiger partial charge in [-0.25, -0.2) is 4.79 Å². The highest BCUT2D eigenvalue weighted by Gasteiger charge is 2.25. The number of benzene rings is 3. The summed E-state index contributed by atoms with van der Waals surface area (Å²) in [4.78, 5) is 30.4. The Hall–Kier alpha value is -4.60. The summed E-state index contributed by atoms with van der Waals surface area (Å²) in [5.74, 6) is 1.32. The number of carbonyl (C=O) groups is 1. The van der Waals surface area contributed by atoms with E-state index < -0.39 is 6.16 Å². The highest BCUT2D eigenvalue weighted by Crippen LogP contribution is 2.43. The molecule has 5 aromatic rings. The third kappa shape index (κ3) is 6.58. The number of thiophene rings is 1. The molecule has 0 aliphatic carbocycles. The fraction of sp³-hybridized carbons (Fsp3) is 0.235. The number of hydrogen-bond donors (Lipinski definition) is 0. The number of fused-ring (bicyclic) bond motifs is 1. The Balaban J connectivity index is 1.74. The Morgan fingerprint density at radius 3 is 2.26 bits per heavy atom. The summed E-state index contributed by atoms with van der Waals surface area (Å²) in [6, 6.07) is 25.7. The predicted octanol–water partition coefficient (Wildman–Crippen LogP) is 6.96. The van der Waals surface area contributed by atoms with Crippen molar-refractivity contribution in [2.24, 2.45) is 0 Å². The maximum absolute atomic E-state index is 14.1. The van der Waals surface area contributed by atoms with E-state index >= 15 is 0 Å². The van der Waals surface area contributed by atoms with Crippen LogP contribution in [-0.4, -0.2) is 43.5 Å². The highest BCUT2D eigenvalue weighted by molar-refractivity contribution is 7.22. The van der Waals surface area contributed by atoms with Gasteiger partial charge in [-0.2, -0.15) is 0 Å². The molecule has 0 amide bonds. The Kier molecular flexibility index (Phi) is 9.44. The van der Waals surface area contributed by atoms with Crippen LogP contribution in [-0.2, 0) is 24.4 Å². The van der Waals surface area contributed by atoms with Crippen molar-refractivity contribution in [2.75, 3.05) is 27.9 Å². The van der Waals surface area contributed by atoms with Gasteiger partial charge in [0.25, 0.3) is 0 Å². The van der Waals surface area contributed by atoms with Crippen molar-refractivity contribution < 1.29 is 23.7 Å².